The van der Waals surface area contributed by atoms with E-state index in [4.69, 9.17) is 0 Å². The van der Waals surface area contributed by atoms with Gasteiger partial charge in [0.25, 0.3) is 0 Å². The van der Waals surface area contributed by atoms with Crippen LogP contribution in [-0.4, -0.2) is 6.54 Å². The minimum atomic E-state index is 1.13. The van der Waals surface area contributed by atoms with E-state index in [2.05, 4.69) is 61.2 Å². The lowest BCUT2D eigenvalue weighted by atomic mass is 10.00. The van der Waals surface area contributed by atoms with Crippen LogP contribution < -0.4 is 4.90 Å². The van der Waals surface area contributed by atoms with E-state index in [1.54, 1.807) is 0 Å². The maximum Gasteiger partial charge on any atom is 0.0450 e. The zero-order valence-corrected chi connectivity index (χ0v) is 11.8. The second kappa shape index (κ2) is 5.08. The molecule has 0 N–H and O–H groups in total. The number of benzene rings is 2. The van der Waals surface area contributed by atoms with Crippen molar-refractivity contribution in [1.29, 1.82) is 0 Å². The van der Waals surface area contributed by atoms with Crippen molar-refractivity contribution >= 4 is 5.69 Å². The molecule has 1 heteroatoms. The first-order chi connectivity index (χ1) is 9.22. The topological polar surface area (TPSA) is 3.24 Å². The minimum Gasteiger partial charge on any atom is -0.367 e. The van der Waals surface area contributed by atoms with E-state index in [0.29, 0.717) is 0 Å². The van der Waals surface area contributed by atoms with Crippen LogP contribution in [-0.2, 0) is 13.0 Å². The van der Waals surface area contributed by atoms with Gasteiger partial charge in [-0.25, -0.2) is 0 Å². The maximum atomic E-state index is 2.49. The smallest absolute Gasteiger partial charge is 0.0450 e. The van der Waals surface area contributed by atoms with Crippen LogP contribution in [0.25, 0.3) is 0 Å². The summed E-state index contributed by atoms with van der Waals surface area (Å²) in [6, 6.07) is 15.7. The van der Waals surface area contributed by atoms with E-state index in [0.717, 1.165) is 6.54 Å². The second-order valence-electron chi connectivity index (χ2n) is 5.64. The van der Waals surface area contributed by atoms with E-state index < -0.39 is 0 Å². The van der Waals surface area contributed by atoms with Gasteiger partial charge in [-0.3, -0.25) is 0 Å². The summed E-state index contributed by atoms with van der Waals surface area (Å²) in [6.45, 7) is 6.61. The number of anilines is 1. The molecule has 1 aliphatic heterocycles. The average molecular weight is 251 g/mol. The number of nitrogens with zero attached hydrogens (tertiary/aromatic N) is 1. The molecule has 1 nitrogen and oxygen atoms in total. The number of aryl methyl sites for hydroxylation is 3. The van der Waals surface area contributed by atoms with Gasteiger partial charge in [0.1, 0.15) is 0 Å². The number of fused-ring (bicyclic) bond motifs is 1. The first kappa shape index (κ1) is 12.3. The van der Waals surface area contributed by atoms with Crippen LogP contribution in [0.2, 0.25) is 0 Å². The third kappa shape index (κ3) is 2.65. The number of hydrogen-bond donors (Lipinski definition) is 0. The Bertz CT molecular complexity index is 569. The Morgan fingerprint density at radius 2 is 1.68 bits per heavy atom. The molecular formula is C18H21N. The molecule has 0 bridgehead atoms. The summed E-state index contributed by atoms with van der Waals surface area (Å²) in [5, 5.41) is 0. The van der Waals surface area contributed by atoms with E-state index in [-0.39, 0.29) is 0 Å². The summed E-state index contributed by atoms with van der Waals surface area (Å²) in [5.41, 5.74) is 7.12. The van der Waals surface area contributed by atoms with Crippen LogP contribution in [0.5, 0.6) is 0 Å². The van der Waals surface area contributed by atoms with E-state index in [1.165, 1.54) is 47.3 Å². The van der Waals surface area contributed by atoms with Crippen molar-refractivity contribution in [2.75, 3.05) is 11.4 Å². The number of rotatable bonds is 4. The lowest BCUT2D eigenvalue weighted by molar-refractivity contribution is 0.686. The molecule has 0 saturated heterocycles. The molecule has 3 rings (SSSR count). The monoisotopic (exact) mass is 251 g/mol. The summed E-state index contributed by atoms with van der Waals surface area (Å²) >= 11 is 0. The predicted octanol–water partition coefficient (Wildman–Crippen LogP) is 4.26. The van der Waals surface area contributed by atoms with Crippen molar-refractivity contribution in [3.8, 4) is 0 Å². The van der Waals surface area contributed by atoms with E-state index in [9.17, 15) is 0 Å². The number of hydrogen-bond acceptors (Lipinski definition) is 1. The van der Waals surface area contributed by atoms with Crippen LogP contribution in [0.3, 0.4) is 0 Å². The molecule has 0 aliphatic carbocycles. The molecule has 0 unspecified atom stereocenters. The lowest BCUT2D eigenvalue weighted by Gasteiger charge is -2.36. The molecule has 0 fully saturated rings. The highest BCUT2D eigenvalue weighted by Crippen LogP contribution is 2.33. The van der Waals surface area contributed by atoms with Crippen LogP contribution in [0.15, 0.2) is 42.5 Å². The zero-order valence-electron chi connectivity index (χ0n) is 11.8. The average Bonchev–Trinajstić information content (AvgIpc) is 2.38. The standard InChI is InChI=1S/C18H21N/c1-14-5-8-16(9-6-14)4-3-11-19-13-17-12-15(2)7-10-18(17)19/h5-10,12H,3-4,11,13H2,1-2H3. The van der Waals surface area contributed by atoms with Gasteiger partial charge in [-0.15, -0.1) is 0 Å². The molecule has 1 aliphatic rings. The quantitative estimate of drug-likeness (QED) is 0.785. The van der Waals surface area contributed by atoms with Gasteiger partial charge in [-0.1, -0.05) is 47.5 Å². The lowest BCUT2D eigenvalue weighted by Crippen LogP contribution is -2.33. The summed E-state index contributed by atoms with van der Waals surface area (Å²) in [4.78, 5) is 2.49. The highest BCUT2D eigenvalue weighted by molar-refractivity contribution is 5.63. The molecule has 2 aromatic rings. The Labute approximate surface area is 115 Å². The Morgan fingerprint density at radius 3 is 2.42 bits per heavy atom. The predicted molar refractivity (Wildman–Crippen MR) is 81.7 cm³/mol. The van der Waals surface area contributed by atoms with Gasteiger partial charge in [0.15, 0.2) is 0 Å². The summed E-state index contributed by atoms with van der Waals surface area (Å²) in [6.07, 6.45) is 2.41. The van der Waals surface area contributed by atoms with Gasteiger partial charge in [0.05, 0.1) is 0 Å². The van der Waals surface area contributed by atoms with Gasteiger partial charge < -0.3 is 4.90 Å². The molecule has 0 amide bonds. The molecular weight excluding hydrogens is 230 g/mol. The molecule has 1 heterocycles. The van der Waals surface area contributed by atoms with Gasteiger partial charge in [-0.2, -0.15) is 0 Å². The van der Waals surface area contributed by atoms with Gasteiger partial charge in [0.2, 0.25) is 0 Å². The highest BCUT2D eigenvalue weighted by Gasteiger charge is 2.21. The molecule has 0 radical (unpaired) electrons. The van der Waals surface area contributed by atoms with E-state index in [1.807, 2.05) is 0 Å². The molecule has 0 saturated carbocycles. The SMILES string of the molecule is Cc1ccc(CCCN2Cc3cc(C)ccc32)cc1. The van der Waals surface area contributed by atoms with Crippen LogP contribution in [0, 0.1) is 13.8 Å². The molecule has 0 spiro atoms. The maximum absolute atomic E-state index is 2.49. The summed E-state index contributed by atoms with van der Waals surface area (Å²) < 4.78 is 0. The molecule has 98 valence electrons. The third-order valence-electron chi connectivity index (χ3n) is 3.95. The van der Waals surface area contributed by atoms with Crippen molar-refractivity contribution in [3.63, 3.8) is 0 Å². The van der Waals surface area contributed by atoms with Gasteiger partial charge in [-0.05, 0) is 43.9 Å². The molecule has 19 heavy (non-hydrogen) atoms. The van der Waals surface area contributed by atoms with Crippen molar-refractivity contribution < 1.29 is 0 Å². The van der Waals surface area contributed by atoms with Gasteiger partial charge in [0, 0.05) is 18.8 Å². The molecule has 2 aromatic carbocycles. The first-order valence-electron chi connectivity index (χ1n) is 7.12. The van der Waals surface area contributed by atoms with Crippen molar-refractivity contribution in [3.05, 3.63) is 64.7 Å². The first-order valence-corrected chi connectivity index (χ1v) is 7.12. The summed E-state index contributed by atoms with van der Waals surface area (Å²) in [5.74, 6) is 0. The Balaban J connectivity index is 1.52. The van der Waals surface area contributed by atoms with E-state index >= 15 is 0 Å². The molecule has 0 aromatic heterocycles. The third-order valence-corrected chi connectivity index (χ3v) is 3.95. The van der Waals surface area contributed by atoms with Crippen LogP contribution >= 0.6 is 0 Å². The van der Waals surface area contributed by atoms with Crippen molar-refractivity contribution in [1.82, 2.24) is 0 Å². The normalized spacial score (nSPS) is 13.1. The Hall–Kier alpha value is -1.76. The van der Waals surface area contributed by atoms with Crippen molar-refractivity contribution in [2.45, 2.75) is 33.2 Å². The fourth-order valence-corrected chi connectivity index (χ4v) is 2.78. The Kier molecular flexibility index (Phi) is 3.29. The Morgan fingerprint density at radius 1 is 0.947 bits per heavy atom. The minimum absolute atomic E-state index is 1.13. The largest absolute Gasteiger partial charge is 0.367 e. The fraction of sp³-hybridized carbons (Fsp3) is 0.333. The second-order valence-corrected chi connectivity index (χ2v) is 5.64. The van der Waals surface area contributed by atoms with Crippen LogP contribution in [0.1, 0.15) is 28.7 Å². The van der Waals surface area contributed by atoms with Crippen molar-refractivity contribution in [2.24, 2.45) is 0 Å². The molecule has 0 atom stereocenters. The zero-order chi connectivity index (χ0) is 13.2. The fourth-order valence-electron chi connectivity index (χ4n) is 2.78. The van der Waals surface area contributed by atoms with Gasteiger partial charge >= 0.3 is 0 Å². The summed E-state index contributed by atoms with van der Waals surface area (Å²) in [7, 11) is 0. The van der Waals surface area contributed by atoms with Crippen LogP contribution in [0.4, 0.5) is 5.69 Å². The highest BCUT2D eigenvalue weighted by atomic mass is 15.2.